The predicted octanol–water partition coefficient (Wildman–Crippen LogP) is -1.19. The first-order valence-electron chi connectivity index (χ1n) is 9.15. The first kappa shape index (κ1) is 21.7. The van der Waals surface area contributed by atoms with Crippen molar-refractivity contribution >= 4 is 16.9 Å². The van der Waals surface area contributed by atoms with Gasteiger partial charge in [0.1, 0.15) is 0 Å². The third-order valence-corrected chi connectivity index (χ3v) is 5.01. The van der Waals surface area contributed by atoms with Gasteiger partial charge in [-0.1, -0.05) is 12.1 Å². The third-order valence-electron chi connectivity index (χ3n) is 5.01. The van der Waals surface area contributed by atoms with Gasteiger partial charge >= 0.3 is 5.69 Å². The summed E-state index contributed by atoms with van der Waals surface area (Å²) in [5, 5.41) is 42.6. The zero-order chi connectivity index (χ0) is 22.0. The molecule has 0 spiro atoms. The molecule has 2 atom stereocenters. The Kier molecular flexibility index (Phi) is 6.34. The van der Waals surface area contributed by atoms with Crippen LogP contribution in [0.2, 0.25) is 0 Å². The van der Waals surface area contributed by atoms with E-state index in [0.717, 1.165) is 4.57 Å². The van der Waals surface area contributed by atoms with Crippen LogP contribution in [0.25, 0.3) is 11.2 Å². The van der Waals surface area contributed by atoms with Crippen molar-refractivity contribution in [3.63, 3.8) is 0 Å². The maximum atomic E-state index is 12.4. The second-order valence-electron chi connectivity index (χ2n) is 6.87. The van der Waals surface area contributed by atoms with Gasteiger partial charge in [0.2, 0.25) is 0 Å². The van der Waals surface area contributed by atoms with Crippen molar-refractivity contribution in [3.05, 3.63) is 62.2 Å². The maximum Gasteiger partial charge on any atom is 0.332 e. The summed E-state index contributed by atoms with van der Waals surface area (Å²) >= 11 is 0. The fraction of sp³-hybridized carbons (Fsp3) is 0.389. The van der Waals surface area contributed by atoms with E-state index in [-0.39, 0.29) is 28.7 Å². The average Bonchev–Trinajstić information content (AvgIpc) is 3.17. The molecule has 3 rings (SSSR count). The molecule has 2 aromatic heterocycles. The summed E-state index contributed by atoms with van der Waals surface area (Å²) in [6, 6.07) is 4.92. The number of aryl methyl sites for hydroxylation is 1. The van der Waals surface area contributed by atoms with Crippen molar-refractivity contribution in [1.82, 2.24) is 24.0 Å². The predicted molar refractivity (Wildman–Crippen MR) is 108 cm³/mol. The van der Waals surface area contributed by atoms with Crippen molar-refractivity contribution in [2.75, 3.05) is 18.4 Å². The van der Waals surface area contributed by atoms with Crippen molar-refractivity contribution in [2.24, 2.45) is 14.1 Å². The summed E-state index contributed by atoms with van der Waals surface area (Å²) < 4.78 is 3.90. The number of benzene rings is 1. The van der Waals surface area contributed by atoms with E-state index >= 15 is 0 Å². The fourth-order valence-corrected chi connectivity index (χ4v) is 3.24. The van der Waals surface area contributed by atoms with Gasteiger partial charge < -0.3 is 30.5 Å². The molecule has 162 valence electrons. The monoisotopic (exact) mass is 419 g/mol. The molecule has 0 saturated heterocycles. The van der Waals surface area contributed by atoms with Crippen LogP contribution in [0.3, 0.4) is 0 Å². The van der Waals surface area contributed by atoms with Crippen molar-refractivity contribution in [1.29, 1.82) is 0 Å². The molecule has 3 aromatic rings. The van der Waals surface area contributed by atoms with Crippen LogP contribution in [-0.4, -0.2) is 53.3 Å². The molecule has 12 nitrogen and oxygen atoms in total. The van der Waals surface area contributed by atoms with E-state index in [9.17, 15) is 25.0 Å². The second-order valence-corrected chi connectivity index (χ2v) is 6.87. The molecule has 0 radical (unpaired) electrons. The number of hydrogen-bond acceptors (Lipinski definition) is 9. The summed E-state index contributed by atoms with van der Waals surface area (Å²) in [5.74, 6) is 0. The Morgan fingerprint density at radius 2 is 1.87 bits per heavy atom. The van der Waals surface area contributed by atoms with Gasteiger partial charge in [0.25, 0.3) is 5.56 Å². The highest BCUT2D eigenvalue weighted by molar-refractivity contribution is 5.69. The lowest BCUT2D eigenvalue weighted by atomic mass is 10.0. The van der Waals surface area contributed by atoms with Crippen LogP contribution >= 0.6 is 0 Å². The number of imidazole rings is 1. The second kappa shape index (κ2) is 8.77. The molecule has 0 fully saturated rings. The molecule has 30 heavy (non-hydrogen) atoms. The van der Waals surface area contributed by atoms with Crippen LogP contribution in [0.5, 0.6) is 0 Å². The highest BCUT2D eigenvalue weighted by Crippen LogP contribution is 2.20. The first-order chi connectivity index (χ1) is 14.3. The zero-order valence-electron chi connectivity index (χ0n) is 16.5. The molecular formula is C18H23N6O6-. The molecule has 1 aromatic carbocycles. The van der Waals surface area contributed by atoms with Gasteiger partial charge in [-0.15, -0.1) is 0 Å². The number of nitrogens with one attached hydrogen (secondary N) is 1. The molecule has 4 N–H and O–H groups in total. The number of anilines is 1. The van der Waals surface area contributed by atoms with Crippen LogP contribution in [0.1, 0.15) is 11.7 Å². The molecule has 0 aliphatic heterocycles. The van der Waals surface area contributed by atoms with E-state index in [1.807, 2.05) is 0 Å². The van der Waals surface area contributed by atoms with Gasteiger partial charge in [-0.3, -0.25) is 19.1 Å². The quantitative estimate of drug-likeness (QED) is 0.329. The van der Waals surface area contributed by atoms with Gasteiger partial charge in [-0.05, 0) is 17.7 Å². The van der Waals surface area contributed by atoms with Crippen LogP contribution in [0.4, 0.5) is 5.69 Å². The molecule has 0 unspecified atom stereocenters. The minimum Gasteiger partial charge on any atom is -0.733 e. The van der Waals surface area contributed by atoms with E-state index < -0.39 is 23.4 Å². The fourth-order valence-electron chi connectivity index (χ4n) is 3.24. The standard InChI is InChI=1S/C18H23N6O6/c1-21-16-14(17(27)22(2)18(21)28)23(10-20-16)8-7-19-13(9-25)15(26)11-3-5-12(6-4-11)24(29)30/h3-6,10,13,15,19,25-26,29H,7-9H2,1-2H3/q-1/t13-,15+/m1/s1. The third kappa shape index (κ3) is 3.99. The average molecular weight is 419 g/mol. The highest BCUT2D eigenvalue weighted by Gasteiger charge is 2.20. The summed E-state index contributed by atoms with van der Waals surface area (Å²) in [6.45, 7) is 0.238. The normalized spacial score (nSPS) is 13.5. The number of fused-ring (bicyclic) bond motifs is 1. The van der Waals surface area contributed by atoms with Crippen molar-refractivity contribution < 1.29 is 15.4 Å². The molecule has 2 heterocycles. The number of hydrogen-bond donors (Lipinski definition) is 4. The minimum atomic E-state index is -1.07. The van der Waals surface area contributed by atoms with Gasteiger partial charge in [-0.2, -0.15) is 0 Å². The summed E-state index contributed by atoms with van der Waals surface area (Å²) in [6.07, 6.45) is 0.385. The van der Waals surface area contributed by atoms with Crippen LogP contribution in [-0.2, 0) is 20.6 Å². The maximum absolute atomic E-state index is 12.4. The number of aromatic nitrogens is 4. The Labute approximate surface area is 170 Å². The van der Waals surface area contributed by atoms with Gasteiger partial charge in [-0.25, -0.2) is 9.78 Å². The molecular weight excluding hydrogens is 396 g/mol. The van der Waals surface area contributed by atoms with Gasteiger partial charge in [0.15, 0.2) is 11.2 Å². The lowest BCUT2D eigenvalue weighted by Crippen LogP contribution is -2.40. The summed E-state index contributed by atoms with van der Waals surface area (Å²) in [7, 11) is 2.93. The van der Waals surface area contributed by atoms with Crippen LogP contribution in [0.15, 0.2) is 40.2 Å². The zero-order valence-corrected chi connectivity index (χ0v) is 16.5. The molecule has 12 heteroatoms. The first-order valence-corrected chi connectivity index (χ1v) is 9.15. The Hall–Kier alpha value is -3.03. The lowest BCUT2D eigenvalue weighted by molar-refractivity contribution is 0.0897. The van der Waals surface area contributed by atoms with Crippen molar-refractivity contribution in [3.8, 4) is 0 Å². The summed E-state index contributed by atoms with van der Waals surface area (Å²) in [4.78, 5) is 28.6. The van der Waals surface area contributed by atoms with Gasteiger partial charge in [0, 0.05) is 27.2 Å². The van der Waals surface area contributed by atoms with Crippen molar-refractivity contribution in [2.45, 2.75) is 18.7 Å². The van der Waals surface area contributed by atoms with Gasteiger partial charge in [0.05, 0.1) is 30.8 Å². The van der Waals surface area contributed by atoms with E-state index in [4.69, 9.17) is 5.21 Å². The number of aliphatic hydroxyl groups is 2. The SMILES string of the molecule is Cn1c(=O)c2c(ncn2CCN[C@H](CO)[C@@H](O)c2ccc(N([O-])O)cc2)n(C)c1=O. The van der Waals surface area contributed by atoms with Crippen LogP contribution in [0, 0.1) is 5.21 Å². The Bertz CT molecular complexity index is 1130. The number of aliphatic hydroxyl groups excluding tert-OH is 2. The largest absolute Gasteiger partial charge is 0.733 e. The molecule has 0 aliphatic carbocycles. The van der Waals surface area contributed by atoms with Crippen LogP contribution < -0.4 is 21.8 Å². The van der Waals surface area contributed by atoms with E-state index in [1.165, 1.54) is 49.3 Å². The number of rotatable bonds is 8. The highest BCUT2D eigenvalue weighted by atomic mass is 16.8. The van der Waals surface area contributed by atoms with E-state index in [1.54, 1.807) is 4.57 Å². The minimum absolute atomic E-state index is 0.0161. The number of nitrogens with zero attached hydrogens (tertiary/aromatic N) is 5. The topological polar surface area (TPSA) is 161 Å². The Balaban J connectivity index is 1.72. The Morgan fingerprint density at radius 3 is 2.47 bits per heavy atom. The Morgan fingerprint density at radius 1 is 1.20 bits per heavy atom. The van der Waals surface area contributed by atoms with E-state index in [2.05, 4.69) is 10.3 Å². The molecule has 0 aliphatic rings. The summed E-state index contributed by atoms with van der Waals surface area (Å²) in [5.41, 5.74) is 0.0985. The molecule has 0 bridgehead atoms. The van der Waals surface area contributed by atoms with E-state index in [0.29, 0.717) is 18.7 Å². The molecule has 0 amide bonds. The molecule has 0 saturated carbocycles. The smallest absolute Gasteiger partial charge is 0.332 e. The lowest BCUT2D eigenvalue weighted by Gasteiger charge is -2.25.